The molecule has 0 heterocycles. The van der Waals surface area contributed by atoms with Crippen LogP contribution in [-0.4, -0.2) is 20.0 Å². The van der Waals surface area contributed by atoms with Gasteiger partial charge in [0.05, 0.1) is 0 Å². The summed E-state index contributed by atoms with van der Waals surface area (Å²) in [5.41, 5.74) is 0. The summed E-state index contributed by atoms with van der Waals surface area (Å²) in [4.78, 5) is 0. The molecule has 0 aliphatic carbocycles. The third-order valence-corrected chi connectivity index (χ3v) is 2.19. The molecular formula is C9H14ClOP. The van der Waals surface area contributed by atoms with Crippen molar-refractivity contribution in [2.45, 2.75) is 0 Å². The fraction of sp³-hybridized carbons (Fsp3) is 0.333. The number of benzene rings is 1. The molecule has 0 N–H and O–H groups in total. The maximum atomic E-state index is 6.23. The Hall–Kier alpha value is -0.260. The van der Waals surface area contributed by atoms with Gasteiger partial charge in [0.1, 0.15) is 0 Å². The van der Waals surface area contributed by atoms with E-state index in [-0.39, 0.29) is 0 Å². The van der Waals surface area contributed by atoms with Crippen molar-refractivity contribution in [1.82, 2.24) is 0 Å². The number of halogens is 1. The average molecular weight is 205 g/mol. The zero-order chi connectivity index (χ0) is 9.27. The Morgan fingerprint density at radius 3 is 2.00 bits per heavy atom. The minimum absolute atomic E-state index is 0.845. The van der Waals surface area contributed by atoms with E-state index >= 15 is 0 Å². The number of hydrogen-bond acceptors (Lipinski definition) is 1. The summed E-state index contributed by atoms with van der Waals surface area (Å²) in [7, 11) is 0. The molecule has 68 valence electrons. The molecule has 1 rings (SSSR count). The summed E-state index contributed by atoms with van der Waals surface area (Å²) in [5, 5.41) is 0. The summed E-state index contributed by atoms with van der Waals surface area (Å²) >= 11 is 6.23. The van der Waals surface area contributed by atoms with Crippen LogP contribution in [-0.2, 0) is 0 Å². The first-order valence-electron chi connectivity index (χ1n) is 3.81. The third-order valence-electron chi connectivity index (χ3n) is 1.16. The van der Waals surface area contributed by atoms with Crippen molar-refractivity contribution in [3.8, 4) is 5.75 Å². The van der Waals surface area contributed by atoms with Gasteiger partial charge in [0.25, 0.3) is 0 Å². The van der Waals surface area contributed by atoms with E-state index in [1.807, 2.05) is 50.3 Å². The van der Waals surface area contributed by atoms with E-state index in [1.54, 1.807) is 0 Å². The molecule has 0 unspecified atom stereocenters. The maximum absolute atomic E-state index is 6.23. The van der Waals surface area contributed by atoms with Crippen molar-refractivity contribution in [2.75, 3.05) is 20.0 Å². The fourth-order valence-corrected chi connectivity index (χ4v) is 1.91. The van der Waals surface area contributed by atoms with Gasteiger partial charge in [0.2, 0.25) is 0 Å². The minimum atomic E-state index is -2.38. The van der Waals surface area contributed by atoms with E-state index in [0.717, 1.165) is 5.75 Å². The van der Waals surface area contributed by atoms with Crippen LogP contribution in [0.4, 0.5) is 0 Å². The molecule has 12 heavy (non-hydrogen) atoms. The summed E-state index contributed by atoms with van der Waals surface area (Å²) < 4.78 is 5.69. The van der Waals surface area contributed by atoms with Crippen LogP contribution in [0.3, 0.4) is 0 Å². The summed E-state index contributed by atoms with van der Waals surface area (Å²) in [6.07, 6.45) is -2.38. The summed E-state index contributed by atoms with van der Waals surface area (Å²) in [6.45, 7) is 5.88. The molecule has 0 aromatic heterocycles. The van der Waals surface area contributed by atoms with Crippen LogP contribution >= 0.6 is 17.4 Å². The molecule has 0 atom stereocenters. The Bertz CT molecular complexity index is 254. The Balaban J connectivity index is 2.79. The van der Waals surface area contributed by atoms with Crippen LogP contribution in [0.1, 0.15) is 0 Å². The second kappa shape index (κ2) is 2.90. The molecule has 0 aliphatic rings. The van der Waals surface area contributed by atoms with Crippen molar-refractivity contribution in [1.29, 1.82) is 0 Å². The molecule has 0 aliphatic heterocycles. The number of rotatable bonds is 2. The van der Waals surface area contributed by atoms with Gasteiger partial charge in [-0.15, -0.1) is 0 Å². The van der Waals surface area contributed by atoms with Gasteiger partial charge in [-0.1, -0.05) is 0 Å². The average Bonchev–Trinajstić information content (AvgIpc) is 1.83. The van der Waals surface area contributed by atoms with Gasteiger partial charge in [-0.25, -0.2) is 0 Å². The zero-order valence-electron chi connectivity index (χ0n) is 7.62. The summed E-state index contributed by atoms with van der Waals surface area (Å²) in [5.74, 6) is 0.845. The molecular weight excluding hydrogens is 191 g/mol. The Kier molecular flexibility index (Phi) is 2.38. The van der Waals surface area contributed by atoms with Gasteiger partial charge in [0.15, 0.2) is 0 Å². The molecule has 1 nitrogen and oxygen atoms in total. The van der Waals surface area contributed by atoms with E-state index in [0.29, 0.717) is 0 Å². The molecule has 0 saturated carbocycles. The van der Waals surface area contributed by atoms with Gasteiger partial charge < -0.3 is 0 Å². The van der Waals surface area contributed by atoms with Crippen molar-refractivity contribution >= 4 is 17.4 Å². The molecule has 1 aromatic rings. The van der Waals surface area contributed by atoms with Gasteiger partial charge in [-0.2, -0.15) is 0 Å². The Labute approximate surface area is 78.5 Å². The van der Waals surface area contributed by atoms with Crippen molar-refractivity contribution in [2.24, 2.45) is 0 Å². The molecule has 0 saturated heterocycles. The van der Waals surface area contributed by atoms with E-state index in [1.165, 1.54) is 0 Å². The quantitative estimate of drug-likeness (QED) is 0.670. The van der Waals surface area contributed by atoms with Gasteiger partial charge in [0, 0.05) is 0 Å². The Morgan fingerprint density at radius 1 is 1.08 bits per heavy atom. The molecule has 0 spiro atoms. The summed E-state index contributed by atoms with van der Waals surface area (Å²) in [6, 6.07) is 9.67. The first kappa shape index (κ1) is 9.83. The van der Waals surface area contributed by atoms with E-state index in [4.69, 9.17) is 15.8 Å². The van der Waals surface area contributed by atoms with E-state index in [2.05, 4.69) is 0 Å². The topological polar surface area (TPSA) is 9.23 Å². The van der Waals surface area contributed by atoms with Crippen LogP contribution in [0.5, 0.6) is 5.75 Å². The first-order valence-corrected chi connectivity index (χ1v) is 8.21. The molecule has 3 heteroatoms. The Morgan fingerprint density at radius 2 is 1.58 bits per heavy atom. The second-order valence-corrected chi connectivity index (χ2v) is 12.4. The molecule has 0 amide bonds. The van der Waals surface area contributed by atoms with Crippen LogP contribution in [0.2, 0.25) is 0 Å². The predicted octanol–water partition coefficient (Wildman–Crippen LogP) is 3.58. The van der Waals surface area contributed by atoms with Gasteiger partial charge in [-0.3, -0.25) is 0 Å². The molecule has 0 bridgehead atoms. The van der Waals surface area contributed by atoms with Crippen molar-refractivity contribution in [3.05, 3.63) is 30.3 Å². The SMILES string of the molecule is CP(C)(C)(Cl)Oc1ccccc1. The van der Waals surface area contributed by atoms with E-state index in [9.17, 15) is 0 Å². The van der Waals surface area contributed by atoms with Gasteiger partial charge >= 0.3 is 78.0 Å². The zero-order valence-corrected chi connectivity index (χ0v) is 9.27. The normalized spacial score (nSPS) is 14.8. The number of hydrogen-bond donors (Lipinski definition) is 0. The van der Waals surface area contributed by atoms with Crippen LogP contribution in [0.15, 0.2) is 30.3 Å². The molecule has 0 radical (unpaired) electrons. The monoisotopic (exact) mass is 204 g/mol. The third kappa shape index (κ3) is 3.94. The van der Waals surface area contributed by atoms with Crippen LogP contribution < -0.4 is 4.52 Å². The van der Waals surface area contributed by atoms with Crippen LogP contribution in [0, 0.1) is 0 Å². The van der Waals surface area contributed by atoms with E-state index < -0.39 is 6.18 Å². The molecule has 0 fully saturated rings. The number of para-hydroxylation sites is 1. The van der Waals surface area contributed by atoms with Crippen molar-refractivity contribution in [3.63, 3.8) is 0 Å². The van der Waals surface area contributed by atoms with Gasteiger partial charge in [-0.05, 0) is 0 Å². The standard InChI is InChI=1S/C9H14ClOP/c1-12(2,3,10)11-9-7-5-4-6-8-9/h4-8H,1-3H3. The second-order valence-electron chi connectivity index (χ2n) is 3.87. The first-order chi connectivity index (χ1) is 5.33. The van der Waals surface area contributed by atoms with Crippen molar-refractivity contribution < 1.29 is 4.52 Å². The molecule has 1 aromatic carbocycles. The fourth-order valence-electron chi connectivity index (χ4n) is 0.837. The van der Waals surface area contributed by atoms with Crippen LogP contribution in [0.25, 0.3) is 0 Å². The predicted molar refractivity (Wildman–Crippen MR) is 57.6 cm³/mol.